The summed E-state index contributed by atoms with van der Waals surface area (Å²) in [7, 11) is 0. The molecule has 1 aromatic rings. The first-order chi connectivity index (χ1) is 14.3. The molecule has 30 heavy (non-hydrogen) atoms. The molecule has 1 fully saturated rings. The molecule has 0 bridgehead atoms. The van der Waals surface area contributed by atoms with Crippen molar-refractivity contribution in [2.45, 2.75) is 46.1 Å². The predicted octanol–water partition coefficient (Wildman–Crippen LogP) is 2.22. The van der Waals surface area contributed by atoms with Gasteiger partial charge in [-0.15, -0.1) is 0 Å². The van der Waals surface area contributed by atoms with Gasteiger partial charge >= 0.3 is 11.9 Å². The molecule has 0 aromatic heterocycles. The molecule has 1 aliphatic rings. The molecule has 1 amide bonds. The Hall–Kier alpha value is -2.71. The zero-order valence-corrected chi connectivity index (χ0v) is 17.9. The van der Waals surface area contributed by atoms with Crippen LogP contribution in [0.5, 0.6) is 0 Å². The Labute approximate surface area is 176 Å². The third kappa shape index (κ3) is 6.96. The van der Waals surface area contributed by atoms with E-state index in [4.69, 9.17) is 18.9 Å². The highest BCUT2D eigenvalue weighted by atomic mass is 16.7. The van der Waals surface area contributed by atoms with Gasteiger partial charge in [-0.2, -0.15) is 0 Å². The summed E-state index contributed by atoms with van der Waals surface area (Å²) in [4.78, 5) is 39.0. The van der Waals surface area contributed by atoms with Gasteiger partial charge < -0.3 is 23.8 Å². The van der Waals surface area contributed by atoms with Crippen LogP contribution in [-0.4, -0.2) is 61.0 Å². The van der Waals surface area contributed by atoms with Gasteiger partial charge in [-0.1, -0.05) is 30.3 Å². The van der Waals surface area contributed by atoms with Gasteiger partial charge in [0.2, 0.25) is 5.91 Å². The topological polar surface area (TPSA) is 91.4 Å². The fourth-order valence-corrected chi connectivity index (χ4v) is 2.97. The van der Waals surface area contributed by atoms with Gasteiger partial charge in [-0.25, -0.2) is 9.59 Å². The minimum atomic E-state index is -0.898. The van der Waals surface area contributed by atoms with Crippen LogP contribution in [0.4, 0.5) is 0 Å². The van der Waals surface area contributed by atoms with Gasteiger partial charge in [0.15, 0.2) is 5.79 Å². The van der Waals surface area contributed by atoms with E-state index >= 15 is 0 Å². The number of nitrogens with zero attached hydrogens (tertiary/aromatic N) is 1. The lowest BCUT2D eigenvalue weighted by atomic mass is 10.1. The lowest BCUT2D eigenvalue weighted by Crippen LogP contribution is -2.38. The maximum Gasteiger partial charge on any atom is 0.345 e. The Bertz CT molecular complexity index is 753. The largest absolute Gasteiger partial charge is 0.462 e. The molecule has 1 unspecified atom stereocenters. The first-order valence-corrected chi connectivity index (χ1v) is 9.96. The van der Waals surface area contributed by atoms with Crippen LogP contribution >= 0.6 is 0 Å². The number of esters is 2. The third-order valence-corrected chi connectivity index (χ3v) is 4.28. The molecule has 0 spiro atoms. The maximum absolute atomic E-state index is 13.1. The van der Waals surface area contributed by atoms with Gasteiger partial charge in [0.05, 0.1) is 19.8 Å². The zero-order chi connectivity index (χ0) is 22.1. The molecule has 164 valence electrons. The quantitative estimate of drug-likeness (QED) is 0.262. The van der Waals surface area contributed by atoms with E-state index in [0.717, 1.165) is 11.6 Å². The highest BCUT2D eigenvalue weighted by molar-refractivity contribution is 6.17. The summed E-state index contributed by atoms with van der Waals surface area (Å²) in [6, 6.07) is 9.39. The van der Waals surface area contributed by atoms with E-state index in [1.165, 1.54) is 4.90 Å². The lowest BCUT2D eigenvalue weighted by molar-refractivity contribution is -0.147. The van der Waals surface area contributed by atoms with Crippen molar-refractivity contribution in [2.75, 3.05) is 26.4 Å². The van der Waals surface area contributed by atoms with E-state index in [0.29, 0.717) is 6.61 Å². The van der Waals surface area contributed by atoms with Crippen LogP contribution in [0.2, 0.25) is 0 Å². The summed E-state index contributed by atoms with van der Waals surface area (Å²) in [5, 5.41) is 0. The van der Waals surface area contributed by atoms with Crippen LogP contribution in [0.3, 0.4) is 0 Å². The van der Waals surface area contributed by atoms with Gasteiger partial charge in [-0.05, 0) is 33.3 Å². The van der Waals surface area contributed by atoms with Crippen LogP contribution in [-0.2, 0) is 39.9 Å². The predicted molar refractivity (Wildman–Crippen MR) is 108 cm³/mol. The second-order valence-corrected chi connectivity index (χ2v) is 7.15. The molecule has 8 heteroatoms. The average molecular weight is 419 g/mol. The Kier molecular flexibility index (Phi) is 8.56. The van der Waals surface area contributed by atoms with E-state index in [-0.39, 0.29) is 32.4 Å². The van der Waals surface area contributed by atoms with Crippen molar-refractivity contribution in [2.24, 2.45) is 0 Å². The monoisotopic (exact) mass is 419 g/mol. The maximum atomic E-state index is 13.1. The fraction of sp³-hybridized carbons (Fsp3) is 0.500. The second kappa shape index (κ2) is 10.9. The molecule has 2 rings (SSSR count). The molecule has 0 saturated carbocycles. The van der Waals surface area contributed by atoms with Crippen molar-refractivity contribution < 1.29 is 33.3 Å². The van der Waals surface area contributed by atoms with Crippen molar-refractivity contribution in [3.8, 4) is 0 Å². The average Bonchev–Trinajstić information content (AvgIpc) is 3.04. The number of ether oxygens (including phenoxy) is 4. The van der Waals surface area contributed by atoms with Gasteiger partial charge in [-0.3, -0.25) is 4.79 Å². The van der Waals surface area contributed by atoms with Gasteiger partial charge in [0.1, 0.15) is 11.7 Å². The van der Waals surface area contributed by atoms with Gasteiger partial charge in [0, 0.05) is 19.2 Å². The number of amides is 1. The molecule has 1 aliphatic heterocycles. The first-order valence-electron chi connectivity index (χ1n) is 9.96. The summed E-state index contributed by atoms with van der Waals surface area (Å²) >= 11 is 0. The zero-order valence-electron chi connectivity index (χ0n) is 17.9. The van der Waals surface area contributed by atoms with E-state index < -0.39 is 29.2 Å². The lowest BCUT2D eigenvalue weighted by Gasteiger charge is -2.25. The summed E-state index contributed by atoms with van der Waals surface area (Å²) in [5.74, 6) is -3.05. The highest BCUT2D eigenvalue weighted by Crippen LogP contribution is 2.23. The molecule has 1 atom stereocenters. The molecule has 0 N–H and O–H groups in total. The summed E-state index contributed by atoms with van der Waals surface area (Å²) in [5.41, 5.74) is 0.455. The molecule has 1 aromatic carbocycles. The molecular formula is C22H29NO7. The van der Waals surface area contributed by atoms with Crippen LogP contribution in [0.15, 0.2) is 42.0 Å². The highest BCUT2D eigenvalue weighted by Gasteiger charge is 2.34. The van der Waals surface area contributed by atoms with Crippen LogP contribution in [0.25, 0.3) is 0 Å². The molecular weight excluding hydrogens is 390 g/mol. The minimum Gasteiger partial charge on any atom is -0.462 e. The normalized spacial score (nSPS) is 17.1. The SMILES string of the molecule is CCOC(=O)C(=CC(=O)N(Cc1ccccc1)CC1COC(C)(C)O1)C(=O)OCC. The third-order valence-electron chi connectivity index (χ3n) is 4.28. The second-order valence-electron chi connectivity index (χ2n) is 7.15. The fourth-order valence-electron chi connectivity index (χ4n) is 2.97. The number of hydrogen-bond donors (Lipinski definition) is 0. The van der Waals surface area contributed by atoms with Crippen LogP contribution < -0.4 is 0 Å². The van der Waals surface area contributed by atoms with E-state index in [1.807, 2.05) is 30.3 Å². The molecule has 0 aliphatic carbocycles. The standard InChI is InChI=1S/C22H29NO7/c1-5-27-20(25)18(21(26)28-6-2)12-19(24)23(13-16-10-8-7-9-11-16)14-17-15-29-22(3,4)30-17/h7-12,17H,5-6,13-15H2,1-4H3. The first kappa shape index (κ1) is 23.6. The molecule has 0 radical (unpaired) electrons. The Morgan fingerprint density at radius 2 is 1.70 bits per heavy atom. The minimum absolute atomic E-state index is 0.0693. The van der Waals surface area contributed by atoms with Crippen molar-refractivity contribution >= 4 is 17.8 Å². The number of hydrogen-bond acceptors (Lipinski definition) is 7. The van der Waals surface area contributed by atoms with Crippen LogP contribution in [0.1, 0.15) is 33.3 Å². The van der Waals surface area contributed by atoms with Crippen molar-refractivity contribution in [1.29, 1.82) is 0 Å². The van der Waals surface area contributed by atoms with Gasteiger partial charge in [0.25, 0.3) is 0 Å². The smallest absolute Gasteiger partial charge is 0.345 e. The summed E-state index contributed by atoms with van der Waals surface area (Å²) < 4.78 is 21.2. The number of carbonyl (C=O) groups excluding carboxylic acids is 3. The Morgan fingerprint density at radius 3 is 2.20 bits per heavy atom. The number of carbonyl (C=O) groups is 3. The van der Waals surface area contributed by atoms with Crippen molar-refractivity contribution in [3.05, 3.63) is 47.5 Å². The van der Waals surface area contributed by atoms with E-state index in [9.17, 15) is 14.4 Å². The molecule has 1 saturated heterocycles. The summed E-state index contributed by atoms with van der Waals surface area (Å²) in [6.45, 7) is 7.80. The van der Waals surface area contributed by atoms with E-state index in [1.54, 1.807) is 27.7 Å². The van der Waals surface area contributed by atoms with Crippen molar-refractivity contribution in [1.82, 2.24) is 4.90 Å². The van der Waals surface area contributed by atoms with Crippen LogP contribution in [0, 0.1) is 0 Å². The van der Waals surface area contributed by atoms with E-state index in [2.05, 4.69) is 0 Å². The molecule has 8 nitrogen and oxygen atoms in total. The Balaban J connectivity index is 2.27. The molecule has 1 heterocycles. The number of benzene rings is 1. The van der Waals surface area contributed by atoms with Crippen molar-refractivity contribution in [3.63, 3.8) is 0 Å². The Morgan fingerprint density at radius 1 is 1.10 bits per heavy atom. The number of rotatable bonds is 9. The summed E-state index contributed by atoms with van der Waals surface area (Å²) in [6.07, 6.45) is 0.634.